The molecule has 0 N–H and O–H groups in total. The van der Waals surface area contributed by atoms with E-state index < -0.39 is 5.41 Å². The highest BCUT2D eigenvalue weighted by Crippen LogP contribution is 2.59. The van der Waals surface area contributed by atoms with Crippen molar-refractivity contribution in [2.45, 2.75) is 5.41 Å². The van der Waals surface area contributed by atoms with Crippen LogP contribution in [0.1, 0.15) is 22.3 Å². The fraction of sp³-hybridized carbons (Fsp3) is 0.0204. The highest BCUT2D eigenvalue weighted by molar-refractivity contribution is 7.26. The summed E-state index contributed by atoms with van der Waals surface area (Å²) in [6.07, 6.45) is 0. The Labute approximate surface area is 300 Å². The molecule has 0 aliphatic heterocycles. The van der Waals surface area contributed by atoms with E-state index in [0.29, 0.717) is 0 Å². The molecule has 238 valence electrons. The van der Waals surface area contributed by atoms with Crippen molar-refractivity contribution in [3.63, 3.8) is 0 Å². The zero-order chi connectivity index (χ0) is 33.5. The number of benzene rings is 8. The minimum Gasteiger partial charge on any atom is -0.309 e. The van der Waals surface area contributed by atoms with Crippen LogP contribution in [0.3, 0.4) is 0 Å². The van der Waals surface area contributed by atoms with Crippen LogP contribution in [-0.2, 0) is 5.41 Å². The monoisotopic (exact) mass is 665 g/mol. The number of rotatable bonds is 4. The molecule has 0 fully saturated rings. The lowest BCUT2D eigenvalue weighted by Crippen LogP contribution is -2.28. The normalized spacial score (nSPS) is 13.3. The Morgan fingerprint density at radius 1 is 0.412 bits per heavy atom. The van der Waals surface area contributed by atoms with Crippen LogP contribution >= 0.6 is 11.3 Å². The molecule has 0 amide bonds. The fourth-order valence-corrected chi connectivity index (χ4v) is 10.2. The van der Waals surface area contributed by atoms with Crippen molar-refractivity contribution < 1.29 is 0 Å². The third-order valence-electron chi connectivity index (χ3n) is 11.1. The summed E-state index contributed by atoms with van der Waals surface area (Å²) in [6.45, 7) is 0. The Morgan fingerprint density at radius 3 is 1.78 bits per heavy atom. The van der Waals surface area contributed by atoms with E-state index in [4.69, 9.17) is 0 Å². The van der Waals surface area contributed by atoms with E-state index in [-0.39, 0.29) is 0 Å². The number of thiophene rings is 1. The van der Waals surface area contributed by atoms with Crippen LogP contribution in [0.15, 0.2) is 188 Å². The molecule has 2 aromatic heterocycles. The van der Waals surface area contributed by atoms with Crippen molar-refractivity contribution in [3.8, 4) is 27.9 Å². The minimum atomic E-state index is -0.471. The predicted molar refractivity (Wildman–Crippen MR) is 216 cm³/mol. The van der Waals surface area contributed by atoms with E-state index in [9.17, 15) is 0 Å². The molecule has 0 atom stereocenters. The first-order valence-electron chi connectivity index (χ1n) is 17.6. The topological polar surface area (TPSA) is 4.93 Å². The summed E-state index contributed by atoms with van der Waals surface area (Å²) < 4.78 is 5.09. The summed E-state index contributed by atoms with van der Waals surface area (Å²) in [5, 5.41) is 5.20. The van der Waals surface area contributed by atoms with Crippen LogP contribution < -0.4 is 0 Å². The molecule has 51 heavy (non-hydrogen) atoms. The van der Waals surface area contributed by atoms with Gasteiger partial charge in [0.05, 0.1) is 16.4 Å². The molecular formula is C49H31NS. The second-order valence-corrected chi connectivity index (χ2v) is 14.7. The van der Waals surface area contributed by atoms with Crippen molar-refractivity contribution in [2.24, 2.45) is 0 Å². The van der Waals surface area contributed by atoms with E-state index in [0.717, 1.165) is 0 Å². The summed E-state index contributed by atoms with van der Waals surface area (Å²) in [4.78, 5) is 0. The molecule has 1 nitrogen and oxygen atoms in total. The molecule has 11 rings (SSSR count). The Bertz CT molecular complexity index is 2910. The average molecular weight is 666 g/mol. The quantitative estimate of drug-likeness (QED) is 0.176. The maximum atomic E-state index is 2.49. The molecule has 0 bridgehead atoms. The highest BCUT2D eigenvalue weighted by atomic mass is 32.1. The van der Waals surface area contributed by atoms with E-state index in [1.807, 2.05) is 11.3 Å². The summed E-state index contributed by atoms with van der Waals surface area (Å²) in [5.74, 6) is 0. The Kier molecular flexibility index (Phi) is 6.11. The summed E-state index contributed by atoms with van der Waals surface area (Å²) in [5.41, 5.74) is 13.5. The molecule has 1 aliphatic rings. The van der Waals surface area contributed by atoms with Crippen LogP contribution in [0.2, 0.25) is 0 Å². The van der Waals surface area contributed by atoms with Gasteiger partial charge in [-0.25, -0.2) is 0 Å². The van der Waals surface area contributed by atoms with Gasteiger partial charge in [0.2, 0.25) is 0 Å². The van der Waals surface area contributed by atoms with Crippen LogP contribution in [0.5, 0.6) is 0 Å². The maximum Gasteiger partial charge on any atom is 0.0714 e. The second kappa shape index (κ2) is 10.9. The first-order valence-corrected chi connectivity index (χ1v) is 18.4. The Morgan fingerprint density at radius 2 is 1.02 bits per heavy atom. The minimum absolute atomic E-state index is 0.471. The van der Waals surface area contributed by atoms with Crippen molar-refractivity contribution in [1.82, 2.24) is 4.57 Å². The summed E-state index contributed by atoms with van der Waals surface area (Å²) >= 11 is 1.92. The van der Waals surface area contributed by atoms with Gasteiger partial charge in [-0.05, 0) is 81.4 Å². The molecule has 1 aliphatic carbocycles. The van der Waals surface area contributed by atoms with Crippen molar-refractivity contribution in [3.05, 3.63) is 210 Å². The van der Waals surface area contributed by atoms with E-state index in [1.54, 1.807) is 0 Å². The first-order chi connectivity index (χ1) is 25.3. The molecule has 10 aromatic rings. The lowest BCUT2D eigenvalue weighted by atomic mass is 9.67. The van der Waals surface area contributed by atoms with Gasteiger partial charge in [0.25, 0.3) is 0 Å². The number of hydrogen-bond donors (Lipinski definition) is 0. The van der Waals surface area contributed by atoms with E-state index >= 15 is 0 Å². The number of hydrogen-bond acceptors (Lipinski definition) is 1. The third-order valence-corrected chi connectivity index (χ3v) is 12.3. The van der Waals surface area contributed by atoms with Crippen LogP contribution in [0.4, 0.5) is 0 Å². The van der Waals surface area contributed by atoms with Gasteiger partial charge in [-0.15, -0.1) is 11.3 Å². The molecular weight excluding hydrogens is 635 g/mol. The number of nitrogens with zero attached hydrogens (tertiary/aromatic N) is 1. The van der Waals surface area contributed by atoms with Gasteiger partial charge in [0.1, 0.15) is 0 Å². The lowest BCUT2D eigenvalue weighted by Gasteiger charge is -2.34. The SMILES string of the molecule is c1ccc(-n2c3ccccc3c3cc(-c4ccc5c(c4)C(c4ccccc4)(c4ccccc4)c4ccc6c(sc7ccccc76)c4-5)ccc32)cc1. The number of fused-ring (bicyclic) bond motifs is 10. The van der Waals surface area contributed by atoms with Crippen LogP contribution in [-0.4, -0.2) is 4.57 Å². The van der Waals surface area contributed by atoms with Gasteiger partial charge in [0, 0.05) is 42.2 Å². The van der Waals surface area contributed by atoms with Gasteiger partial charge in [-0.2, -0.15) is 0 Å². The number of para-hydroxylation sites is 2. The van der Waals surface area contributed by atoms with Crippen LogP contribution in [0, 0.1) is 0 Å². The van der Waals surface area contributed by atoms with E-state index in [2.05, 4.69) is 193 Å². The molecule has 0 saturated carbocycles. The van der Waals surface area contributed by atoms with Crippen molar-refractivity contribution in [1.29, 1.82) is 0 Å². The number of aromatic nitrogens is 1. The standard InChI is InChI=1S/C49H31NS/c1-4-14-34(15-5-1)49(35-16-6-2-7-17-35)42-28-27-39-38-21-11-13-23-46(38)51-48(39)47(42)40-26-24-33(31-43(40)49)32-25-29-45-41(30-32)37-20-10-12-22-44(37)50(45)36-18-8-3-9-19-36/h1-31H. The molecule has 0 radical (unpaired) electrons. The molecule has 0 saturated heterocycles. The highest BCUT2D eigenvalue weighted by Gasteiger charge is 2.47. The molecule has 2 heterocycles. The third kappa shape index (κ3) is 3.97. The summed E-state index contributed by atoms with van der Waals surface area (Å²) in [7, 11) is 0. The molecule has 2 heteroatoms. The van der Waals surface area contributed by atoms with Gasteiger partial charge >= 0.3 is 0 Å². The molecule has 0 unspecified atom stereocenters. The fourth-order valence-electron chi connectivity index (χ4n) is 8.94. The molecule has 0 spiro atoms. The van der Waals surface area contributed by atoms with E-state index in [1.165, 1.54) is 92.2 Å². The zero-order valence-electron chi connectivity index (χ0n) is 27.8. The van der Waals surface area contributed by atoms with Gasteiger partial charge in [0.15, 0.2) is 0 Å². The van der Waals surface area contributed by atoms with Crippen LogP contribution in [0.25, 0.3) is 69.9 Å². The molecule has 8 aromatic carbocycles. The zero-order valence-corrected chi connectivity index (χ0v) is 28.6. The van der Waals surface area contributed by atoms with Gasteiger partial charge < -0.3 is 4.57 Å². The van der Waals surface area contributed by atoms with Crippen molar-refractivity contribution in [2.75, 3.05) is 0 Å². The smallest absolute Gasteiger partial charge is 0.0714 e. The van der Waals surface area contributed by atoms with Gasteiger partial charge in [-0.1, -0.05) is 146 Å². The Balaban J connectivity index is 1.21. The average Bonchev–Trinajstić information content (AvgIpc) is 3.85. The lowest BCUT2D eigenvalue weighted by molar-refractivity contribution is 0.769. The maximum absolute atomic E-state index is 2.49. The Hall–Kier alpha value is -6.22. The summed E-state index contributed by atoms with van der Waals surface area (Å²) in [6, 6.07) is 69.7. The largest absolute Gasteiger partial charge is 0.309 e. The predicted octanol–water partition coefficient (Wildman–Crippen LogP) is 13.2. The first kappa shape index (κ1) is 28.6. The van der Waals surface area contributed by atoms with Gasteiger partial charge in [-0.3, -0.25) is 0 Å². The second-order valence-electron chi connectivity index (χ2n) is 13.6. The van der Waals surface area contributed by atoms with Crippen molar-refractivity contribution >= 4 is 53.3 Å².